The third-order valence-corrected chi connectivity index (χ3v) is 4.91. The zero-order valence-corrected chi connectivity index (χ0v) is 15.4. The first kappa shape index (κ1) is 16.5. The minimum Gasteiger partial charge on any atom is -0.320 e. The standard InChI is InChI=1S/C22H15BrN2O/c23-19-12-13-20(21-18(19)7-4-14-24-21)25-22(26)17-10-8-16(9-11-17)15-5-2-1-3-6-15/h1-14H,(H,25,26). The van der Waals surface area contributed by atoms with Gasteiger partial charge < -0.3 is 5.32 Å². The fraction of sp³-hybridized carbons (Fsp3) is 0. The van der Waals surface area contributed by atoms with Crippen LogP contribution in [0.15, 0.2) is 89.5 Å². The molecule has 1 heterocycles. The maximum atomic E-state index is 12.6. The molecule has 4 rings (SSSR count). The average Bonchev–Trinajstić information content (AvgIpc) is 2.71. The number of carbonyl (C=O) groups excluding carboxylic acids is 1. The Morgan fingerprint density at radius 3 is 2.31 bits per heavy atom. The lowest BCUT2D eigenvalue weighted by Crippen LogP contribution is -2.12. The molecule has 0 radical (unpaired) electrons. The molecule has 4 heteroatoms. The van der Waals surface area contributed by atoms with Crippen LogP contribution in [0.1, 0.15) is 10.4 Å². The largest absolute Gasteiger partial charge is 0.320 e. The first-order valence-electron chi connectivity index (χ1n) is 8.22. The van der Waals surface area contributed by atoms with E-state index in [-0.39, 0.29) is 5.91 Å². The Labute approximate surface area is 159 Å². The molecule has 3 nitrogen and oxygen atoms in total. The molecule has 3 aromatic carbocycles. The highest BCUT2D eigenvalue weighted by atomic mass is 79.9. The van der Waals surface area contributed by atoms with Gasteiger partial charge in [-0.3, -0.25) is 9.78 Å². The number of nitrogens with zero attached hydrogens (tertiary/aromatic N) is 1. The average molecular weight is 403 g/mol. The van der Waals surface area contributed by atoms with Crippen molar-refractivity contribution >= 4 is 38.4 Å². The van der Waals surface area contributed by atoms with Gasteiger partial charge in [-0.1, -0.05) is 64.5 Å². The summed E-state index contributed by atoms with van der Waals surface area (Å²) in [6.45, 7) is 0. The monoisotopic (exact) mass is 402 g/mol. The Balaban J connectivity index is 1.60. The molecule has 1 N–H and O–H groups in total. The molecular weight excluding hydrogens is 388 g/mol. The molecule has 0 saturated heterocycles. The summed E-state index contributed by atoms with van der Waals surface area (Å²) < 4.78 is 0.950. The van der Waals surface area contributed by atoms with Crippen LogP contribution in [0.2, 0.25) is 0 Å². The van der Waals surface area contributed by atoms with Gasteiger partial charge in [0.1, 0.15) is 0 Å². The fourth-order valence-electron chi connectivity index (χ4n) is 2.88. The highest BCUT2D eigenvalue weighted by Crippen LogP contribution is 2.28. The Kier molecular flexibility index (Phi) is 4.50. The van der Waals surface area contributed by atoms with E-state index in [9.17, 15) is 4.79 Å². The first-order chi connectivity index (χ1) is 12.7. The van der Waals surface area contributed by atoms with Gasteiger partial charge in [0.15, 0.2) is 0 Å². The third-order valence-electron chi connectivity index (χ3n) is 4.22. The summed E-state index contributed by atoms with van der Waals surface area (Å²) in [5, 5.41) is 3.93. The van der Waals surface area contributed by atoms with E-state index in [0.29, 0.717) is 11.3 Å². The van der Waals surface area contributed by atoms with E-state index in [1.165, 1.54) is 0 Å². The fourth-order valence-corrected chi connectivity index (χ4v) is 3.33. The molecule has 0 saturated carbocycles. The highest BCUT2D eigenvalue weighted by Gasteiger charge is 2.11. The number of aromatic nitrogens is 1. The zero-order chi connectivity index (χ0) is 17.9. The van der Waals surface area contributed by atoms with Gasteiger partial charge in [0.05, 0.1) is 11.2 Å². The van der Waals surface area contributed by atoms with E-state index >= 15 is 0 Å². The second kappa shape index (κ2) is 7.10. The summed E-state index contributed by atoms with van der Waals surface area (Å²) in [5.41, 5.74) is 4.27. The molecule has 1 amide bonds. The second-order valence-corrected chi connectivity index (χ2v) is 6.75. The van der Waals surface area contributed by atoms with Gasteiger partial charge in [-0.2, -0.15) is 0 Å². The molecule has 0 unspecified atom stereocenters. The lowest BCUT2D eigenvalue weighted by molar-refractivity contribution is 0.102. The van der Waals surface area contributed by atoms with Gasteiger partial charge in [-0.25, -0.2) is 0 Å². The van der Waals surface area contributed by atoms with Gasteiger partial charge in [0, 0.05) is 21.6 Å². The van der Waals surface area contributed by atoms with Crippen molar-refractivity contribution in [2.24, 2.45) is 0 Å². The summed E-state index contributed by atoms with van der Waals surface area (Å²) in [4.78, 5) is 17.0. The summed E-state index contributed by atoms with van der Waals surface area (Å²) in [5.74, 6) is -0.154. The van der Waals surface area contributed by atoms with Crippen LogP contribution in [0.3, 0.4) is 0 Å². The summed E-state index contributed by atoms with van der Waals surface area (Å²) >= 11 is 3.52. The molecule has 0 atom stereocenters. The topological polar surface area (TPSA) is 42.0 Å². The van der Waals surface area contributed by atoms with Crippen molar-refractivity contribution in [2.45, 2.75) is 0 Å². The van der Waals surface area contributed by atoms with Crippen molar-refractivity contribution in [3.8, 4) is 11.1 Å². The molecule has 0 fully saturated rings. The minimum absolute atomic E-state index is 0.154. The highest BCUT2D eigenvalue weighted by molar-refractivity contribution is 9.10. The minimum atomic E-state index is -0.154. The quantitative estimate of drug-likeness (QED) is 0.462. The van der Waals surface area contributed by atoms with Gasteiger partial charge >= 0.3 is 0 Å². The Hall–Kier alpha value is -2.98. The molecule has 26 heavy (non-hydrogen) atoms. The van der Waals surface area contributed by atoms with Crippen LogP contribution >= 0.6 is 15.9 Å². The van der Waals surface area contributed by atoms with Crippen LogP contribution in [0.5, 0.6) is 0 Å². The summed E-state index contributed by atoms with van der Waals surface area (Å²) in [6.07, 6.45) is 1.72. The number of rotatable bonds is 3. The number of hydrogen-bond donors (Lipinski definition) is 1. The number of benzene rings is 3. The predicted octanol–water partition coefficient (Wildman–Crippen LogP) is 5.92. The second-order valence-electron chi connectivity index (χ2n) is 5.89. The number of amides is 1. The Morgan fingerprint density at radius 1 is 0.808 bits per heavy atom. The number of halogens is 1. The lowest BCUT2D eigenvalue weighted by Gasteiger charge is -2.10. The van der Waals surface area contributed by atoms with Gasteiger partial charge in [0.25, 0.3) is 5.91 Å². The molecular formula is C22H15BrN2O. The number of carbonyl (C=O) groups is 1. The van der Waals surface area contributed by atoms with Gasteiger partial charge in [-0.15, -0.1) is 0 Å². The molecule has 0 aliphatic carbocycles. The molecule has 1 aromatic heterocycles. The van der Waals surface area contributed by atoms with Crippen molar-refractivity contribution < 1.29 is 4.79 Å². The van der Waals surface area contributed by atoms with E-state index in [0.717, 1.165) is 26.5 Å². The lowest BCUT2D eigenvalue weighted by atomic mass is 10.0. The van der Waals surface area contributed by atoms with Crippen LogP contribution in [-0.2, 0) is 0 Å². The van der Waals surface area contributed by atoms with Crippen LogP contribution < -0.4 is 5.32 Å². The molecule has 0 aliphatic heterocycles. The van der Waals surface area contributed by atoms with Crippen molar-refractivity contribution in [2.75, 3.05) is 5.32 Å². The number of pyridine rings is 1. The van der Waals surface area contributed by atoms with E-state index in [4.69, 9.17) is 0 Å². The maximum Gasteiger partial charge on any atom is 0.255 e. The molecule has 4 aromatic rings. The number of hydrogen-bond acceptors (Lipinski definition) is 2. The normalized spacial score (nSPS) is 10.7. The van der Waals surface area contributed by atoms with Crippen LogP contribution in [0.4, 0.5) is 5.69 Å². The van der Waals surface area contributed by atoms with Crippen LogP contribution in [0.25, 0.3) is 22.0 Å². The summed E-state index contributed by atoms with van der Waals surface area (Å²) in [7, 11) is 0. The molecule has 0 aliphatic rings. The zero-order valence-electron chi connectivity index (χ0n) is 13.8. The van der Waals surface area contributed by atoms with E-state index in [2.05, 4.69) is 38.4 Å². The smallest absolute Gasteiger partial charge is 0.255 e. The molecule has 126 valence electrons. The first-order valence-corrected chi connectivity index (χ1v) is 9.02. The Bertz CT molecular complexity index is 1080. The third kappa shape index (κ3) is 3.24. The van der Waals surface area contributed by atoms with E-state index in [1.54, 1.807) is 6.20 Å². The van der Waals surface area contributed by atoms with E-state index in [1.807, 2.05) is 66.7 Å². The van der Waals surface area contributed by atoms with Crippen molar-refractivity contribution in [1.29, 1.82) is 0 Å². The van der Waals surface area contributed by atoms with Gasteiger partial charge in [-0.05, 0) is 41.5 Å². The molecule has 0 spiro atoms. The van der Waals surface area contributed by atoms with Crippen molar-refractivity contribution in [3.05, 3.63) is 95.1 Å². The van der Waals surface area contributed by atoms with Crippen molar-refractivity contribution in [1.82, 2.24) is 4.98 Å². The van der Waals surface area contributed by atoms with E-state index < -0.39 is 0 Å². The summed E-state index contributed by atoms with van der Waals surface area (Å²) in [6, 6.07) is 25.3. The van der Waals surface area contributed by atoms with Crippen LogP contribution in [-0.4, -0.2) is 10.9 Å². The van der Waals surface area contributed by atoms with Gasteiger partial charge in [0.2, 0.25) is 0 Å². The predicted molar refractivity (Wildman–Crippen MR) is 109 cm³/mol. The van der Waals surface area contributed by atoms with Crippen molar-refractivity contribution in [3.63, 3.8) is 0 Å². The number of anilines is 1. The molecule has 0 bridgehead atoms. The van der Waals surface area contributed by atoms with Crippen LogP contribution in [0, 0.1) is 0 Å². The SMILES string of the molecule is O=C(Nc1ccc(Br)c2cccnc12)c1ccc(-c2ccccc2)cc1. The number of fused-ring (bicyclic) bond motifs is 1. The number of nitrogens with one attached hydrogen (secondary N) is 1. The Morgan fingerprint density at radius 2 is 1.54 bits per heavy atom. The maximum absolute atomic E-state index is 12.6.